The Labute approximate surface area is 109 Å². The molecule has 2 rings (SSSR count). The molecule has 0 aliphatic carbocycles. The number of sulfone groups is 1. The molecule has 2 heterocycles. The maximum Gasteiger partial charge on any atom is 0.352 e. The molecular weight excluding hydrogens is 274 g/mol. The minimum atomic E-state index is -3.08. The lowest BCUT2D eigenvalue weighted by atomic mass is 10.1. The van der Waals surface area contributed by atoms with Gasteiger partial charge in [0.1, 0.15) is 11.4 Å². The molecule has 1 atom stereocenters. The van der Waals surface area contributed by atoms with Gasteiger partial charge in [0.2, 0.25) is 0 Å². The van der Waals surface area contributed by atoms with Crippen LogP contribution in [0.15, 0.2) is 16.9 Å². The lowest BCUT2D eigenvalue weighted by molar-refractivity contribution is 0.0681. The number of nitrogens with zero attached hydrogens (tertiary/aromatic N) is 1. The molecule has 0 spiro atoms. The third-order valence-electron chi connectivity index (χ3n) is 3.10. The number of pyridine rings is 1. The predicted molar refractivity (Wildman–Crippen MR) is 66.1 cm³/mol. The van der Waals surface area contributed by atoms with E-state index < -0.39 is 27.1 Å². The van der Waals surface area contributed by atoms with Crippen LogP contribution in [0.4, 0.5) is 0 Å². The lowest BCUT2D eigenvalue weighted by Crippen LogP contribution is -2.28. The van der Waals surface area contributed by atoms with Gasteiger partial charge in [-0.05, 0) is 12.3 Å². The summed E-state index contributed by atoms with van der Waals surface area (Å²) in [6, 6.07) is 1.89. The fraction of sp³-hybridized carbons (Fsp3) is 0.455. The number of hydrogen-bond acceptors (Lipinski definition) is 5. The molecule has 0 amide bonds. The van der Waals surface area contributed by atoms with Crippen molar-refractivity contribution in [2.75, 3.05) is 11.5 Å². The SMILES string of the molecule is O=C(O)c1cc(O)cc(=O)n1CC1CCS(=O)(=O)C1. The van der Waals surface area contributed by atoms with Gasteiger partial charge in [0.25, 0.3) is 5.56 Å². The molecule has 1 aromatic heterocycles. The normalized spacial score (nSPS) is 21.4. The third kappa shape index (κ3) is 2.95. The Morgan fingerprint density at radius 3 is 2.63 bits per heavy atom. The number of aromatic carboxylic acids is 1. The molecule has 8 heteroatoms. The van der Waals surface area contributed by atoms with Gasteiger partial charge in [0.05, 0.1) is 11.5 Å². The number of carboxylic acid groups (broad SMARTS) is 1. The number of carboxylic acids is 1. The summed E-state index contributed by atoms with van der Waals surface area (Å²) in [5.74, 6) is -2.01. The molecule has 0 bridgehead atoms. The second kappa shape index (κ2) is 4.69. The second-order valence-electron chi connectivity index (χ2n) is 4.62. The highest BCUT2D eigenvalue weighted by molar-refractivity contribution is 7.91. The molecule has 1 unspecified atom stereocenters. The molecule has 0 saturated carbocycles. The largest absolute Gasteiger partial charge is 0.508 e. The van der Waals surface area contributed by atoms with Gasteiger partial charge in [-0.3, -0.25) is 4.79 Å². The van der Waals surface area contributed by atoms with E-state index in [9.17, 15) is 23.1 Å². The van der Waals surface area contributed by atoms with Crippen LogP contribution in [-0.4, -0.2) is 40.7 Å². The average molecular weight is 287 g/mol. The first-order chi connectivity index (χ1) is 8.78. The minimum Gasteiger partial charge on any atom is -0.508 e. The van der Waals surface area contributed by atoms with E-state index in [1.54, 1.807) is 0 Å². The standard InChI is InChI=1S/C11H13NO6S/c13-8-3-9(11(15)16)12(10(14)4-8)5-7-1-2-19(17,18)6-7/h3-4,7,13H,1-2,5-6H2,(H,15,16). The van der Waals surface area contributed by atoms with E-state index in [4.69, 9.17) is 5.11 Å². The van der Waals surface area contributed by atoms with Crippen LogP contribution in [-0.2, 0) is 16.4 Å². The fourth-order valence-electron chi connectivity index (χ4n) is 2.22. The van der Waals surface area contributed by atoms with Gasteiger partial charge in [0.15, 0.2) is 9.84 Å². The average Bonchev–Trinajstić information content (AvgIpc) is 2.61. The number of aromatic nitrogens is 1. The summed E-state index contributed by atoms with van der Waals surface area (Å²) in [5, 5.41) is 18.2. The maximum absolute atomic E-state index is 11.7. The Morgan fingerprint density at radius 2 is 2.11 bits per heavy atom. The van der Waals surface area contributed by atoms with Gasteiger partial charge in [-0.25, -0.2) is 13.2 Å². The van der Waals surface area contributed by atoms with Crippen molar-refractivity contribution in [3.05, 3.63) is 28.2 Å². The topological polar surface area (TPSA) is 114 Å². The summed E-state index contributed by atoms with van der Waals surface area (Å²) in [5.41, 5.74) is -0.990. The molecule has 19 heavy (non-hydrogen) atoms. The summed E-state index contributed by atoms with van der Waals surface area (Å²) in [4.78, 5) is 22.7. The van der Waals surface area contributed by atoms with Gasteiger partial charge >= 0.3 is 5.97 Å². The monoisotopic (exact) mass is 287 g/mol. The Balaban J connectivity index is 2.35. The fourth-order valence-corrected chi connectivity index (χ4v) is 4.07. The number of aromatic hydroxyl groups is 1. The number of rotatable bonds is 3. The highest BCUT2D eigenvalue weighted by Crippen LogP contribution is 2.21. The zero-order chi connectivity index (χ0) is 14.2. The van der Waals surface area contributed by atoms with Crippen molar-refractivity contribution in [2.24, 2.45) is 5.92 Å². The molecule has 0 aromatic carbocycles. The van der Waals surface area contributed by atoms with Crippen molar-refractivity contribution >= 4 is 15.8 Å². The second-order valence-corrected chi connectivity index (χ2v) is 6.85. The highest BCUT2D eigenvalue weighted by atomic mass is 32.2. The van der Waals surface area contributed by atoms with Crippen molar-refractivity contribution in [1.82, 2.24) is 4.57 Å². The van der Waals surface area contributed by atoms with E-state index >= 15 is 0 Å². The number of hydrogen-bond donors (Lipinski definition) is 2. The van der Waals surface area contributed by atoms with Crippen LogP contribution in [0.2, 0.25) is 0 Å². The van der Waals surface area contributed by atoms with Gasteiger partial charge in [0, 0.05) is 18.7 Å². The lowest BCUT2D eigenvalue weighted by Gasteiger charge is -2.13. The van der Waals surface area contributed by atoms with Crippen LogP contribution in [0.3, 0.4) is 0 Å². The van der Waals surface area contributed by atoms with Crippen molar-refractivity contribution in [1.29, 1.82) is 0 Å². The van der Waals surface area contributed by atoms with Crippen LogP contribution in [0.5, 0.6) is 5.75 Å². The molecule has 0 radical (unpaired) electrons. The van der Waals surface area contributed by atoms with E-state index in [0.717, 1.165) is 16.7 Å². The van der Waals surface area contributed by atoms with Gasteiger partial charge < -0.3 is 14.8 Å². The van der Waals surface area contributed by atoms with Crippen LogP contribution in [0.25, 0.3) is 0 Å². The van der Waals surface area contributed by atoms with Crippen LogP contribution >= 0.6 is 0 Å². The molecule has 1 aliphatic rings. The molecule has 1 aliphatic heterocycles. The van der Waals surface area contributed by atoms with Crippen molar-refractivity contribution in [3.8, 4) is 5.75 Å². The predicted octanol–water partition coefficient (Wildman–Crippen LogP) is -0.313. The smallest absolute Gasteiger partial charge is 0.352 e. The van der Waals surface area contributed by atoms with Crippen LogP contribution in [0.1, 0.15) is 16.9 Å². The van der Waals surface area contributed by atoms with Crippen molar-refractivity contribution in [2.45, 2.75) is 13.0 Å². The van der Waals surface area contributed by atoms with Crippen LogP contribution < -0.4 is 5.56 Å². The molecule has 1 saturated heterocycles. The first-order valence-electron chi connectivity index (χ1n) is 5.66. The molecule has 2 N–H and O–H groups in total. The Kier molecular flexibility index (Phi) is 3.36. The van der Waals surface area contributed by atoms with E-state index in [1.165, 1.54) is 0 Å². The summed E-state index contributed by atoms with van der Waals surface area (Å²) in [6.45, 7) is 0.0278. The van der Waals surface area contributed by atoms with Crippen molar-refractivity contribution < 1.29 is 23.4 Å². The van der Waals surface area contributed by atoms with E-state index in [2.05, 4.69) is 0 Å². The Hall–Kier alpha value is -1.83. The highest BCUT2D eigenvalue weighted by Gasteiger charge is 2.29. The Bertz CT molecular complexity index is 675. The van der Waals surface area contributed by atoms with Crippen LogP contribution in [0, 0.1) is 5.92 Å². The summed E-state index contributed by atoms with van der Waals surface area (Å²) in [6.07, 6.45) is 0.411. The summed E-state index contributed by atoms with van der Waals surface area (Å²) < 4.78 is 23.7. The van der Waals surface area contributed by atoms with Gasteiger partial charge in [-0.2, -0.15) is 0 Å². The maximum atomic E-state index is 11.7. The quantitative estimate of drug-likeness (QED) is 0.788. The Morgan fingerprint density at radius 1 is 1.42 bits per heavy atom. The van der Waals surface area contributed by atoms with E-state index in [-0.39, 0.29) is 29.7 Å². The molecular formula is C11H13NO6S. The first-order valence-corrected chi connectivity index (χ1v) is 7.48. The summed E-state index contributed by atoms with van der Waals surface area (Å²) >= 11 is 0. The molecule has 1 fully saturated rings. The van der Waals surface area contributed by atoms with Gasteiger partial charge in [-0.15, -0.1) is 0 Å². The molecule has 7 nitrogen and oxygen atoms in total. The van der Waals surface area contributed by atoms with E-state index in [0.29, 0.717) is 6.42 Å². The van der Waals surface area contributed by atoms with Crippen molar-refractivity contribution in [3.63, 3.8) is 0 Å². The zero-order valence-corrected chi connectivity index (χ0v) is 10.8. The molecule has 104 valence electrons. The summed E-state index contributed by atoms with van der Waals surface area (Å²) in [7, 11) is -3.08. The zero-order valence-electron chi connectivity index (χ0n) is 9.94. The first kappa shape index (κ1) is 13.6. The van der Waals surface area contributed by atoms with Gasteiger partial charge in [-0.1, -0.05) is 0 Å². The molecule has 1 aromatic rings. The minimum absolute atomic E-state index is 0.0278. The third-order valence-corrected chi connectivity index (χ3v) is 4.94. The number of carbonyl (C=O) groups is 1. The van der Waals surface area contributed by atoms with E-state index in [1.807, 2.05) is 0 Å².